The van der Waals surface area contributed by atoms with Crippen LogP contribution in [0.5, 0.6) is 0 Å². The molecule has 0 amide bonds. The molecule has 4 aromatic rings. The average Bonchev–Trinajstić information content (AvgIpc) is 2.80. The lowest BCUT2D eigenvalue weighted by molar-refractivity contribution is 0.628. The van der Waals surface area contributed by atoms with E-state index in [1.165, 1.54) is 12.1 Å². The van der Waals surface area contributed by atoms with Crippen molar-refractivity contribution in [1.82, 2.24) is 9.97 Å². The van der Waals surface area contributed by atoms with Crippen LogP contribution in [0, 0.1) is 5.82 Å². The van der Waals surface area contributed by atoms with Crippen molar-refractivity contribution < 1.29 is 4.39 Å². The lowest BCUT2D eigenvalue weighted by Crippen LogP contribution is -2.16. The Kier molecular flexibility index (Phi) is 5.61. The number of hydrogen-bond donors (Lipinski definition) is 0. The van der Waals surface area contributed by atoms with Crippen molar-refractivity contribution in [3.63, 3.8) is 0 Å². The van der Waals surface area contributed by atoms with Crippen LogP contribution in [0.1, 0.15) is 12.5 Å². The Morgan fingerprint density at radius 1 is 0.767 bits per heavy atom. The third-order valence-electron chi connectivity index (χ3n) is 4.70. The van der Waals surface area contributed by atoms with Gasteiger partial charge in [-0.25, -0.2) is 19.4 Å². The largest absolute Gasteiger partial charge is 0.247 e. The number of anilines is 1. The first-order chi connectivity index (χ1) is 14.6. The zero-order valence-electron chi connectivity index (χ0n) is 16.8. The Bertz CT molecular complexity index is 1100. The molecule has 0 saturated carbocycles. The Morgan fingerprint density at radius 2 is 1.27 bits per heavy atom. The molecule has 0 fully saturated rings. The summed E-state index contributed by atoms with van der Waals surface area (Å²) in [7, 11) is 1.81. The van der Waals surface area contributed by atoms with Crippen LogP contribution >= 0.6 is 0 Å². The van der Waals surface area contributed by atoms with Gasteiger partial charge in [-0.15, -0.1) is 0 Å². The highest BCUT2D eigenvalue weighted by molar-refractivity contribution is 5.99. The monoisotopic (exact) mass is 396 g/mol. The second-order valence-electron chi connectivity index (χ2n) is 6.89. The van der Waals surface area contributed by atoms with E-state index in [0.717, 1.165) is 33.8 Å². The first-order valence-corrected chi connectivity index (χ1v) is 9.65. The standard InChI is InChI=1S/C25H21FN4/c1-18(19-13-15-22(26)16-14-19)29-30(2)25-27-23(20-9-5-3-6-10-20)17-24(28-25)21-11-7-4-8-12-21/h3-17H,1-2H3/b29-18+. The second-order valence-corrected chi connectivity index (χ2v) is 6.89. The van der Waals surface area contributed by atoms with E-state index in [0.29, 0.717) is 5.95 Å². The van der Waals surface area contributed by atoms with E-state index in [-0.39, 0.29) is 5.82 Å². The van der Waals surface area contributed by atoms with Crippen molar-refractivity contribution in [2.75, 3.05) is 12.1 Å². The van der Waals surface area contributed by atoms with Gasteiger partial charge in [-0.05, 0) is 30.7 Å². The average molecular weight is 396 g/mol. The first kappa shape index (κ1) is 19.5. The minimum Gasteiger partial charge on any atom is -0.235 e. The zero-order chi connectivity index (χ0) is 20.9. The van der Waals surface area contributed by atoms with E-state index < -0.39 is 0 Å². The molecule has 0 atom stereocenters. The molecular weight excluding hydrogens is 375 g/mol. The van der Waals surface area contributed by atoms with Crippen LogP contribution in [-0.2, 0) is 0 Å². The molecule has 0 aliphatic heterocycles. The molecule has 0 spiro atoms. The lowest BCUT2D eigenvalue weighted by Gasteiger charge is -2.15. The van der Waals surface area contributed by atoms with E-state index in [4.69, 9.17) is 9.97 Å². The van der Waals surface area contributed by atoms with Gasteiger partial charge in [0, 0.05) is 18.2 Å². The molecule has 30 heavy (non-hydrogen) atoms. The Hall–Kier alpha value is -3.86. The van der Waals surface area contributed by atoms with Crippen LogP contribution in [0.2, 0.25) is 0 Å². The molecule has 4 nitrogen and oxygen atoms in total. The normalized spacial score (nSPS) is 11.4. The summed E-state index contributed by atoms with van der Waals surface area (Å²) in [5.74, 6) is 0.211. The van der Waals surface area contributed by atoms with Crippen molar-refractivity contribution >= 4 is 11.7 Å². The van der Waals surface area contributed by atoms with Crippen LogP contribution in [0.4, 0.5) is 10.3 Å². The Morgan fingerprint density at radius 3 is 1.77 bits per heavy atom. The van der Waals surface area contributed by atoms with Crippen molar-refractivity contribution in [3.8, 4) is 22.5 Å². The Labute approximate surface area is 175 Å². The number of nitrogens with zero attached hydrogens (tertiary/aromatic N) is 4. The van der Waals surface area contributed by atoms with Gasteiger partial charge in [-0.3, -0.25) is 0 Å². The fraction of sp³-hybridized carbons (Fsp3) is 0.0800. The summed E-state index contributed by atoms with van der Waals surface area (Å²) in [4.78, 5) is 9.48. The van der Waals surface area contributed by atoms with Gasteiger partial charge in [-0.1, -0.05) is 72.8 Å². The van der Waals surface area contributed by atoms with Gasteiger partial charge in [0.25, 0.3) is 0 Å². The summed E-state index contributed by atoms with van der Waals surface area (Å²) >= 11 is 0. The number of rotatable bonds is 5. The van der Waals surface area contributed by atoms with Crippen LogP contribution in [0.25, 0.3) is 22.5 Å². The van der Waals surface area contributed by atoms with Gasteiger partial charge in [0.15, 0.2) is 0 Å². The summed E-state index contributed by atoms with van der Waals surface area (Å²) in [6.45, 7) is 1.88. The van der Waals surface area contributed by atoms with Crippen LogP contribution in [0.15, 0.2) is 96.1 Å². The molecule has 0 aliphatic rings. The van der Waals surface area contributed by atoms with Gasteiger partial charge in [0.1, 0.15) is 5.82 Å². The van der Waals surface area contributed by atoms with E-state index in [2.05, 4.69) is 5.10 Å². The second kappa shape index (κ2) is 8.66. The summed E-state index contributed by atoms with van der Waals surface area (Å²) < 4.78 is 13.2. The molecule has 5 heteroatoms. The summed E-state index contributed by atoms with van der Waals surface area (Å²) in [6.07, 6.45) is 0. The molecular formula is C25H21FN4. The summed E-state index contributed by atoms with van der Waals surface area (Å²) in [5, 5.41) is 6.27. The number of hydrazone groups is 1. The molecule has 4 rings (SSSR count). The van der Waals surface area contributed by atoms with Crippen molar-refractivity contribution in [2.24, 2.45) is 5.10 Å². The predicted octanol–water partition coefficient (Wildman–Crippen LogP) is 5.81. The maximum Gasteiger partial charge on any atom is 0.247 e. The Balaban J connectivity index is 1.76. The lowest BCUT2D eigenvalue weighted by atomic mass is 10.1. The minimum absolute atomic E-state index is 0.272. The van der Waals surface area contributed by atoms with E-state index in [1.807, 2.05) is 80.7 Å². The van der Waals surface area contributed by atoms with Crippen molar-refractivity contribution in [3.05, 3.63) is 102 Å². The smallest absolute Gasteiger partial charge is 0.235 e. The van der Waals surface area contributed by atoms with Crippen LogP contribution in [0.3, 0.4) is 0 Å². The molecule has 0 saturated heterocycles. The summed E-state index contributed by atoms with van der Waals surface area (Å²) in [5.41, 5.74) is 5.23. The maximum absolute atomic E-state index is 13.2. The highest BCUT2D eigenvalue weighted by Gasteiger charge is 2.12. The fourth-order valence-electron chi connectivity index (χ4n) is 3.11. The van der Waals surface area contributed by atoms with Gasteiger partial charge < -0.3 is 0 Å². The minimum atomic E-state index is -0.272. The molecule has 1 aromatic heterocycles. The number of halogens is 1. The third kappa shape index (κ3) is 4.41. The summed E-state index contributed by atoms with van der Waals surface area (Å²) in [6, 6.07) is 28.2. The first-order valence-electron chi connectivity index (χ1n) is 9.65. The molecule has 0 aliphatic carbocycles. The van der Waals surface area contributed by atoms with Gasteiger partial charge in [-0.2, -0.15) is 5.10 Å². The number of benzene rings is 3. The quantitative estimate of drug-likeness (QED) is 0.316. The van der Waals surface area contributed by atoms with Gasteiger partial charge in [0.2, 0.25) is 5.95 Å². The van der Waals surface area contributed by atoms with Crippen molar-refractivity contribution in [1.29, 1.82) is 0 Å². The predicted molar refractivity (Wildman–Crippen MR) is 120 cm³/mol. The molecule has 0 unspecified atom stereocenters. The molecule has 0 bridgehead atoms. The van der Waals surface area contributed by atoms with Crippen LogP contribution in [-0.4, -0.2) is 22.7 Å². The molecule has 0 N–H and O–H groups in total. The van der Waals surface area contributed by atoms with E-state index in [9.17, 15) is 4.39 Å². The molecule has 1 heterocycles. The number of hydrogen-bond acceptors (Lipinski definition) is 4. The van der Waals surface area contributed by atoms with Crippen LogP contribution < -0.4 is 5.01 Å². The maximum atomic E-state index is 13.2. The van der Waals surface area contributed by atoms with Gasteiger partial charge >= 0.3 is 0 Å². The number of aromatic nitrogens is 2. The van der Waals surface area contributed by atoms with Gasteiger partial charge in [0.05, 0.1) is 17.1 Å². The molecule has 148 valence electrons. The molecule has 0 radical (unpaired) electrons. The fourth-order valence-corrected chi connectivity index (χ4v) is 3.11. The highest BCUT2D eigenvalue weighted by atomic mass is 19.1. The molecule has 3 aromatic carbocycles. The third-order valence-corrected chi connectivity index (χ3v) is 4.70. The van der Waals surface area contributed by atoms with Crippen molar-refractivity contribution in [2.45, 2.75) is 6.92 Å². The van der Waals surface area contributed by atoms with E-state index >= 15 is 0 Å². The highest BCUT2D eigenvalue weighted by Crippen LogP contribution is 2.26. The van der Waals surface area contributed by atoms with E-state index in [1.54, 1.807) is 17.1 Å². The topological polar surface area (TPSA) is 41.4 Å². The SMILES string of the molecule is C/C(=N\N(C)c1nc(-c2ccccc2)cc(-c2ccccc2)n1)c1ccc(F)cc1. The zero-order valence-corrected chi connectivity index (χ0v) is 16.8.